The van der Waals surface area contributed by atoms with Crippen LogP contribution in [0.15, 0.2) is 24.3 Å². The summed E-state index contributed by atoms with van der Waals surface area (Å²) in [6, 6.07) is 7.71. The van der Waals surface area contributed by atoms with Crippen molar-refractivity contribution in [2.24, 2.45) is 0 Å². The zero-order valence-electron chi connectivity index (χ0n) is 6.51. The Bertz CT molecular complexity index is 223. The Balaban J connectivity index is 2.62. The molecule has 0 unspecified atom stereocenters. The SMILES string of the molecule is CCOCc1ccccc1Cl. The topological polar surface area (TPSA) is 9.23 Å². The Kier molecular flexibility index (Phi) is 3.40. The van der Waals surface area contributed by atoms with Crippen molar-refractivity contribution in [1.82, 2.24) is 0 Å². The van der Waals surface area contributed by atoms with Crippen molar-refractivity contribution >= 4 is 11.6 Å². The molecule has 1 aromatic rings. The van der Waals surface area contributed by atoms with Crippen molar-refractivity contribution in [2.75, 3.05) is 6.61 Å². The molecule has 0 radical (unpaired) electrons. The second-order valence-electron chi connectivity index (χ2n) is 2.23. The van der Waals surface area contributed by atoms with Gasteiger partial charge in [0.1, 0.15) is 0 Å². The Labute approximate surface area is 71.9 Å². The van der Waals surface area contributed by atoms with Crippen LogP contribution in [0.3, 0.4) is 0 Å². The van der Waals surface area contributed by atoms with Gasteiger partial charge >= 0.3 is 0 Å². The van der Waals surface area contributed by atoms with Crippen LogP contribution in [0.4, 0.5) is 0 Å². The lowest BCUT2D eigenvalue weighted by Gasteiger charge is -2.02. The minimum absolute atomic E-state index is 0.607. The third-order valence-electron chi connectivity index (χ3n) is 1.42. The van der Waals surface area contributed by atoms with Crippen LogP contribution in [-0.2, 0) is 11.3 Å². The first-order valence-corrected chi connectivity index (χ1v) is 4.03. The van der Waals surface area contributed by atoms with Gasteiger partial charge in [0, 0.05) is 11.6 Å². The highest BCUT2D eigenvalue weighted by atomic mass is 35.5. The van der Waals surface area contributed by atoms with E-state index in [1.165, 1.54) is 0 Å². The largest absolute Gasteiger partial charge is 0.377 e. The molecule has 1 rings (SSSR count). The summed E-state index contributed by atoms with van der Waals surface area (Å²) in [7, 11) is 0. The molecular weight excluding hydrogens is 160 g/mol. The Hall–Kier alpha value is -0.530. The molecule has 0 bridgehead atoms. The zero-order chi connectivity index (χ0) is 8.10. The molecule has 0 spiro atoms. The summed E-state index contributed by atoms with van der Waals surface area (Å²) in [5.41, 5.74) is 1.05. The van der Waals surface area contributed by atoms with Gasteiger partial charge in [0.2, 0.25) is 0 Å². The van der Waals surface area contributed by atoms with E-state index >= 15 is 0 Å². The predicted molar refractivity (Wildman–Crippen MR) is 46.8 cm³/mol. The van der Waals surface area contributed by atoms with Gasteiger partial charge in [-0.25, -0.2) is 0 Å². The van der Waals surface area contributed by atoms with Crippen LogP contribution in [0, 0.1) is 0 Å². The summed E-state index contributed by atoms with van der Waals surface area (Å²) < 4.78 is 5.22. The van der Waals surface area contributed by atoms with Crippen molar-refractivity contribution in [3.63, 3.8) is 0 Å². The van der Waals surface area contributed by atoms with Crippen molar-refractivity contribution in [3.8, 4) is 0 Å². The van der Waals surface area contributed by atoms with E-state index < -0.39 is 0 Å². The highest BCUT2D eigenvalue weighted by molar-refractivity contribution is 6.31. The van der Waals surface area contributed by atoms with Crippen LogP contribution in [0.5, 0.6) is 0 Å². The van der Waals surface area contributed by atoms with E-state index in [0.29, 0.717) is 6.61 Å². The number of halogens is 1. The number of rotatable bonds is 3. The maximum absolute atomic E-state index is 5.88. The Morgan fingerprint density at radius 3 is 2.73 bits per heavy atom. The van der Waals surface area contributed by atoms with Crippen LogP contribution >= 0.6 is 11.6 Å². The molecule has 2 heteroatoms. The standard InChI is InChI=1S/C9H11ClO/c1-2-11-7-8-5-3-4-6-9(8)10/h3-6H,2,7H2,1H3. The van der Waals surface area contributed by atoms with Gasteiger partial charge in [-0.1, -0.05) is 29.8 Å². The summed E-state index contributed by atoms with van der Waals surface area (Å²) in [5, 5.41) is 0.779. The van der Waals surface area contributed by atoms with Gasteiger partial charge < -0.3 is 4.74 Å². The lowest BCUT2D eigenvalue weighted by molar-refractivity contribution is 0.134. The Morgan fingerprint density at radius 1 is 1.36 bits per heavy atom. The molecule has 0 saturated carbocycles. The molecule has 60 valence electrons. The molecule has 1 nitrogen and oxygen atoms in total. The fourth-order valence-electron chi connectivity index (χ4n) is 0.827. The Morgan fingerprint density at radius 2 is 2.09 bits per heavy atom. The highest BCUT2D eigenvalue weighted by Gasteiger charge is 1.96. The van der Waals surface area contributed by atoms with Gasteiger partial charge in [-0.3, -0.25) is 0 Å². The molecule has 0 fully saturated rings. The van der Waals surface area contributed by atoms with Gasteiger partial charge in [-0.05, 0) is 18.6 Å². The first-order chi connectivity index (χ1) is 5.34. The molecule has 0 atom stereocenters. The van der Waals surface area contributed by atoms with Crippen molar-refractivity contribution < 1.29 is 4.74 Å². The molecule has 0 N–H and O–H groups in total. The molecule has 0 aliphatic heterocycles. The summed E-state index contributed by atoms with van der Waals surface area (Å²) in [6.45, 7) is 3.30. The summed E-state index contributed by atoms with van der Waals surface area (Å²) >= 11 is 5.88. The van der Waals surface area contributed by atoms with Crippen LogP contribution in [0.2, 0.25) is 5.02 Å². The summed E-state index contributed by atoms with van der Waals surface area (Å²) in [5.74, 6) is 0. The second-order valence-corrected chi connectivity index (χ2v) is 2.64. The average Bonchev–Trinajstić information content (AvgIpc) is 2.03. The maximum atomic E-state index is 5.88. The summed E-state index contributed by atoms with van der Waals surface area (Å²) in [4.78, 5) is 0. The number of ether oxygens (including phenoxy) is 1. The lowest BCUT2D eigenvalue weighted by atomic mass is 10.2. The first-order valence-electron chi connectivity index (χ1n) is 3.65. The van der Waals surface area contributed by atoms with Crippen LogP contribution in [0.25, 0.3) is 0 Å². The van der Waals surface area contributed by atoms with Gasteiger partial charge in [0.15, 0.2) is 0 Å². The molecule has 0 aliphatic carbocycles. The van der Waals surface area contributed by atoms with E-state index in [0.717, 1.165) is 17.2 Å². The monoisotopic (exact) mass is 170 g/mol. The zero-order valence-corrected chi connectivity index (χ0v) is 7.27. The highest BCUT2D eigenvalue weighted by Crippen LogP contribution is 2.15. The minimum Gasteiger partial charge on any atom is -0.377 e. The fraction of sp³-hybridized carbons (Fsp3) is 0.333. The minimum atomic E-state index is 0.607. The lowest BCUT2D eigenvalue weighted by Crippen LogP contribution is -1.91. The van der Waals surface area contributed by atoms with Crippen LogP contribution < -0.4 is 0 Å². The van der Waals surface area contributed by atoms with E-state index in [4.69, 9.17) is 16.3 Å². The number of benzene rings is 1. The van der Waals surface area contributed by atoms with Gasteiger partial charge in [0.05, 0.1) is 6.61 Å². The van der Waals surface area contributed by atoms with E-state index in [1.807, 2.05) is 31.2 Å². The number of hydrogen-bond donors (Lipinski definition) is 0. The van der Waals surface area contributed by atoms with Gasteiger partial charge in [0.25, 0.3) is 0 Å². The molecule has 0 aliphatic rings. The normalized spacial score (nSPS) is 10.0. The fourth-order valence-corrected chi connectivity index (χ4v) is 1.02. The summed E-state index contributed by atoms with van der Waals surface area (Å²) in [6.07, 6.45) is 0. The van der Waals surface area contributed by atoms with Crippen molar-refractivity contribution in [3.05, 3.63) is 34.9 Å². The van der Waals surface area contributed by atoms with Crippen molar-refractivity contribution in [1.29, 1.82) is 0 Å². The number of hydrogen-bond acceptors (Lipinski definition) is 1. The molecule has 0 amide bonds. The average molecular weight is 171 g/mol. The molecule has 0 aromatic heterocycles. The van der Waals surface area contributed by atoms with Crippen LogP contribution in [-0.4, -0.2) is 6.61 Å². The molecule has 11 heavy (non-hydrogen) atoms. The molecule has 0 heterocycles. The third-order valence-corrected chi connectivity index (χ3v) is 1.79. The van der Waals surface area contributed by atoms with Crippen molar-refractivity contribution in [2.45, 2.75) is 13.5 Å². The molecule has 1 aromatic carbocycles. The van der Waals surface area contributed by atoms with E-state index in [1.54, 1.807) is 0 Å². The van der Waals surface area contributed by atoms with E-state index in [-0.39, 0.29) is 0 Å². The van der Waals surface area contributed by atoms with Crippen LogP contribution in [0.1, 0.15) is 12.5 Å². The molecule has 0 saturated heterocycles. The van der Waals surface area contributed by atoms with Gasteiger partial charge in [-0.15, -0.1) is 0 Å². The molecular formula is C9H11ClO. The second kappa shape index (κ2) is 4.37. The smallest absolute Gasteiger partial charge is 0.0731 e. The third kappa shape index (κ3) is 2.52. The quantitative estimate of drug-likeness (QED) is 0.678. The van der Waals surface area contributed by atoms with Gasteiger partial charge in [-0.2, -0.15) is 0 Å². The predicted octanol–water partition coefficient (Wildman–Crippen LogP) is 2.88. The maximum Gasteiger partial charge on any atom is 0.0731 e. The van der Waals surface area contributed by atoms with E-state index in [9.17, 15) is 0 Å². The van der Waals surface area contributed by atoms with E-state index in [2.05, 4.69) is 0 Å². The first kappa shape index (κ1) is 8.57.